The molecule has 126 valence electrons. The van der Waals surface area contributed by atoms with E-state index >= 15 is 0 Å². The summed E-state index contributed by atoms with van der Waals surface area (Å²) >= 11 is 0. The Morgan fingerprint density at radius 2 is 2.23 bits per heavy atom. The maximum atomic E-state index is 11.3. The van der Waals surface area contributed by atoms with Crippen molar-refractivity contribution in [1.29, 1.82) is 0 Å². The Balaban J connectivity index is 2.08. The highest BCUT2D eigenvalue weighted by Crippen LogP contribution is 2.35. The molecule has 8 heteroatoms. The van der Waals surface area contributed by atoms with Gasteiger partial charge in [0.05, 0.1) is 13.2 Å². The lowest BCUT2D eigenvalue weighted by atomic mass is 9.91. The second-order valence-corrected chi connectivity index (χ2v) is 8.25. The van der Waals surface area contributed by atoms with Crippen molar-refractivity contribution in [1.82, 2.24) is 15.0 Å². The lowest BCUT2D eigenvalue weighted by molar-refractivity contribution is 0.0212. The van der Waals surface area contributed by atoms with E-state index in [4.69, 9.17) is 9.26 Å². The number of rotatable bonds is 8. The molecule has 2 rings (SSSR count). The van der Waals surface area contributed by atoms with Crippen LogP contribution in [0, 0.1) is 0 Å². The predicted molar refractivity (Wildman–Crippen MR) is 82.0 cm³/mol. The molecule has 1 fully saturated rings. The van der Waals surface area contributed by atoms with E-state index < -0.39 is 9.84 Å². The molecule has 1 aromatic heterocycles. The molecule has 1 aliphatic rings. The van der Waals surface area contributed by atoms with Gasteiger partial charge in [0.1, 0.15) is 5.75 Å². The summed E-state index contributed by atoms with van der Waals surface area (Å²) in [5.41, 5.74) is 0.0228. The third kappa shape index (κ3) is 4.27. The normalized spacial score (nSPS) is 23.2. The molecule has 0 bridgehead atoms. The van der Waals surface area contributed by atoms with Crippen molar-refractivity contribution in [2.45, 2.75) is 50.4 Å². The first-order chi connectivity index (χ1) is 10.4. The summed E-state index contributed by atoms with van der Waals surface area (Å²) in [6.45, 7) is 4.36. The number of aromatic nitrogens is 2. The van der Waals surface area contributed by atoms with Crippen LogP contribution in [-0.2, 0) is 26.9 Å². The number of likely N-dealkylation sites (tertiary alicyclic amines) is 1. The highest BCUT2D eigenvalue weighted by Gasteiger charge is 2.40. The third-order valence-corrected chi connectivity index (χ3v) is 4.88. The van der Waals surface area contributed by atoms with Crippen LogP contribution in [-0.4, -0.2) is 55.5 Å². The van der Waals surface area contributed by atoms with Crippen molar-refractivity contribution in [3.8, 4) is 0 Å². The minimum absolute atomic E-state index is 0.0228. The minimum Gasteiger partial charge on any atom is -0.383 e. The van der Waals surface area contributed by atoms with Crippen LogP contribution in [0.5, 0.6) is 0 Å². The minimum atomic E-state index is -3.15. The second-order valence-electron chi connectivity index (χ2n) is 6.11. The van der Waals surface area contributed by atoms with Gasteiger partial charge in [-0.25, -0.2) is 8.42 Å². The first-order valence-electron chi connectivity index (χ1n) is 7.62. The smallest absolute Gasteiger partial charge is 0.240 e. The van der Waals surface area contributed by atoms with Gasteiger partial charge in [-0.2, -0.15) is 4.98 Å². The third-order valence-electron chi connectivity index (χ3n) is 4.10. The summed E-state index contributed by atoms with van der Waals surface area (Å²) in [7, 11) is -1.42. The first-order valence-corrected chi connectivity index (χ1v) is 9.68. The second kappa shape index (κ2) is 7.06. The average Bonchev–Trinajstić information content (AvgIpc) is 2.98. The average molecular weight is 331 g/mol. The SMILES string of the molecule is CCCC1(COC)CCCN1Cc1nc(CS(C)(=O)=O)no1. The molecule has 0 amide bonds. The molecule has 0 aliphatic carbocycles. The lowest BCUT2D eigenvalue weighted by Gasteiger charge is -2.37. The Morgan fingerprint density at radius 3 is 2.86 bits per heavy atom. The highest BCUT2D eigenvalue weighted by atomic mass is 32.2. The van der Waals surface area contributed by atoms with Gasteiger partial charge in [-0.05, 0) is 25.8 Å². The Hall–Kier alpha value is -0.990. The molecule has 0 radical (unpaired) electrons. The molecule has 2 heterocycles. The fraction of sp³-hybridized carbons (Fsp3) is 0.857. The standard InChI is InChI=1S/C14H25N3O4S/c1-4-6-14(11-20-2)7-5-8-17(14)9-13-15-12(16-21-13)10-22(3,18)19/h4-11H2,1-3H3. The number of hydrogen-bond donors (Lipinski definition) is 0. The van der Waals surface area contributed by atoms with Crippen LogP contribution in [0.1, 0.15) is 44.3 Å². The number of methoxy groups -OCH3 is 1. The Kier molecular flexibility index (Phi) is 5.57. The summed E-state index contributed by atoms with van der Waals surface area (Å²) in [4.78, 5) is 6.54. The summed E-state index contributed by atoms with van der Waals surface area (Å²) in [6.07, 6.45) is 5.52. The van der Waals surface area contributed by atoms with E-state index in [0.717, 1.165) is 38.5 Å². The Morgan fingerprint density at radius 1 is 1.45 bits per heavy atom. The molecule has 0 saturated carbocycles. The lowest BCUT2D eigenvalue weighted by Crippen LogP contribution is -2.47. The van der Waals surface area contributed by atoms with Crippen LogP contribution in [0.3, 0.4) is 0 Å². The Bertz CT molecular complexity index is 579. The maximum absolute atomic E-state index is 11.3. The van der Waals surface area contributed by atoms with Crippen molar-refractivity contribution in [3.63, 3.8) is 0 Å². The number of hydrogen-bond acceptors (Lipinski definition) is 7. The van der Waals surface area contributed by atoms with Gasteiger partial charge in [-0.1, -0.05) is 18.5 Å². The molecule has 1 atom stereocenters. The van der Waals surface area contributed by atoms with Gasteiger partial charge in [0.15, 0.2) is 15.7 Å². The van der Waals surface area contributed by atoms with E-state index in [1.165, 1.54) is 0 Å². The van der Waals surface area contributed by atoms with E-state index in [-0.39, 0.29) is 17.1 Å². The van der Waals surface area contributed by atoms with E-state index in [9.17, 15) is 8.42 Å². The van der Waals surface area contributed by atoms with Crippen LogP contribution in [0.4, 0.5) is 0 Å². The van der Waals surface area contributed by atoms with E-state index in [2.05, 4.69) is 22.0 Å². The first kappa shape index (κ1) is 17.4. The van der Waals surface area contributed by atoms with Gasteiger partial charge in [0.2, 0.25) is 5.89 Å². The van der Waals surface area contributed by atoms with Crippen LogP contribution in [0.2, 0.25) is 0 Å². The molecule has 1 aromatic rings. The predicted octanol–water partition coefficient (Wildman–Crippen LogP) is 1.40. The van der Waals surface area contributed by atoms with Crippen LogP contribution >= 0.6 is 0 Å². The molecular weight excluding hydrogens is 306 g/mol. The van der Waals surface area contributed by atoms with Crippen molar-refractivity contribution in [3.05, 3.63) is 11.7 Å². The molecular formula is C14H25N3O4S. The molecule has 22 heavy (non-hydrogen) atoms. The Labute approximate surface area is 131 Å². The highest BCUT2D eigenvalue weighted by molar-refractivity contribution is 7.89. The zero-order chi connectivity index (χ0) is 16.2. The van der Waals surface area contributed by atoms with E-state index in [1.54, 1.807) is 7.11 Å². The van der Waals surface area contributed by atoms with E-state index in [1.807, 2.05) is 0 Å². The summed E-state index contributed by atoms with van der Waals surface area (Å²) in [5, 5.41) is 3.76. The van der Waals surface area contributed by atoms with Crippen molar-refractivity contribution in [2.75, 3.05) is 26.5 Å². The van der Waals surface area contributed by atoms with Crippen molar-refractivity contribution >= 4 is 9.84 Å². The fourth-order valence-corrected chi connectivity index (χ4v) is 3.89. The van der Waals surface area contributed by atoms with Crippen molar-refractivity contribution in [2.24, 2.45) is 0 Å². The monoisotopic (exact) mass is 331 g/mol. The van der Waals surface area contributed by atoms with Crippen LogP contribution < -0.4 is 0 Å². The zero-order valence-electron chi connectivity index (χ0n) is 13.5. The summed E-state index contributed by atoms with van der Waals surface area (Å²) < 4.78 is 33.2. The molecule has 1 aliphatic heterocycles. The van der Waals surface area contributed by atoms with Gasteiger partial charge in [0.25, 0.3) is 0 Å². The fourth-order valence-electron chi connectivity index (χ4n) is 3.30. The van der Waals surface area contributed by atoms with Gasteiger partial charge < -0.3 is 9.26 Å². The maximum Gasteiger partial charge on any atom is 0.240 e. The number of nitrogens with zero attached hydrogens (tertiary/aromatic N) is 3. The quantitative estimate of drug-likeness (QED) is 0.711. The molecule has 1 saturated heterocycles. The number of ether oxygens (including phenoxy) is 1. The molecule has 0 spiro atoms. The molecule has 0 N–H and O–H groups in total. The topological polar surface area (TPSA) is 85.5 Å². The summed E-state index contributed by atoms with van der Waals surface area (Å²) in [5.74, 6) is 0.510. The largest absolute Gasteiger partial charge is 0.383 e. The molecule has 7 nitrogen and oxygen atoms in total. The van der Waals surface area contributed by atoms with Crippen LogP contribution in [0.25, 0.3) is 0 Å². The van der Waals surface area contributed by atoms with Gasteiger partial charge >= 0.3 is 0 Å². The van der Waals surface area contributed by atoms with E-state index in [0.29, 0.717) is 19.0 Å². The summed E-state index contributed by atoms with van der Waals surface area (Å²) in [6, 6.07) is 0. The molecule has 1 unspecified atom stereocenters. The van der Waals surface area contributed by atoms with Gasteiger partial charge in [0, 0.05) is 18.9 Å². The van der Waals surface area contributed by atoms with Gasteiger partial charge in [-0.3, -0.25) is 4.90 Å². The van der Waals surface area contributed by atoms with Gasteiger partial charge in [-0.15, -0.1) is 0 Å². The van der Waals surface area contributed by atoms with Crippen LogP contribution in [0.15, 0.2) is 4.52 Å². The zero-order valence-corrected chi connectivity index (χ0v) is 14.4. The molecule has 0 aromatic carbocycles. The van der Waals surface area contributed by atoms with Crippen molar-refractivity contribution < 1.29 is 17.7 Å². The number of sulfone groups is 1.